The van der Waals surface area contributed by atoms with Crippen molar-refractivity contribution in [2.75, 3.05) is 45.8 Å². The monoisotopic (exact) mass is 443 g/mol. The van der Waals surface area contributed by atoms with Crippen LogP contribution in [0, 0.1) is 0 Å². The van der Waals surface area contributed by atoms with Crippen LogP contribution in [0.4, 0.5) is 0 Å². The fraction of sp³-hybridized carbons (Fsp3) is 0.609. The number of carbonyl (C=O) groups is 1. The van der Waals surface area contributed by atoms with Crippen molar-refractivity contribution >= 4 is 17.7 Å². The SMILES string of the molecule is CCN1CCN(C(=O)C(C)Sc2nnc(C[NH+]3CCCCC3)n2-c2ccccc2)CC1. The summed E-state index contributed by atoms with van der Waals surface area (Å²) in [5.74, 6) is 1.19. The molecule has 2 aliphatic heterocycles. The standard InChI is InChI=1S/C23H34N6OS/c1-3-26-14-16-28(17-15-26)22(30)19(2)31-23-25-24-21(18-27-12-8-5-9-13-27)29(23)20-10-6-4-7-11-20/h4,6-7,10-11,19H,3,5,8-9,12-18H2,1-2H3/p+1. The summed E-state index contributed by atoms with van der Waals surface area (Å²) in [6.07, 6.45) is 3.91. The second kappa shape index (κ2) is 10.6. The first-order chi connectivity index (χ1) is 15.2. The molecule has 1 atom stereocenters. The molecule has 1 N–H and O–H groups in total. The zero-order valence-electron chi connectivity index (χ0n) is 18.8. The number of thioether (sulfide) groups is 1. The van der Waals surface area contributed by atoms with Crippen LogP contribution < -0.4 is 4.90 Å². The molecule has 0 aliphatic carbocycles. The molecule has 31 heavy (non-hydrogen) atoms. The second-order valence-electron chi connectivity index (χ2n) is 8.58. The first-order valence-corrected chi connectivity index (χ1v) is 12.5. The minimum absolute atomic E-state index is 0.185. The van der Waals surface area contributed by atoms with Gasteiger partial charge in [0.25, 0.3) is 0 Å². The van der Waals surface area contributed by atoms with Gasteiger partial charge in [-0.15, -0.1) is 10.2 Å². The van der Waals surface area contributed by atoms with Crippen LogP contribution in [0.15, 0.2) is 35.5 Å². The Bertz CT molecular complexity index is 843. The number of carbonyl (C=O) groups excluding carboxylic acids is 1. The molecule has 168 valence electrons. The van der Waals surface area contributed by atoms with Gasteiger partial charge in [0.2, 0.25) is 5.91 Å². The van der Waals surface area contributed by atoms with Crippen LogP contribution in [-0.4, -0.2) is 81.5 Å². The molecule has 0 saturated carbocycles. The van der Waals surface area contributed by atoms with Crippen molar-refractivity contribution in [2.24, 2.45) is 0 Å². The number of hydrogen-bond acceptors (Lipinski definition) is 5. The Kier molecular flexibility index (Phi) is 7.63. The zero-order valence-corrected chi connectivity index (χ0v) is 19.6. The molecule has 1 unspecified atom stereocenters. The number of likely N-dealkylation sites (N-methyl/N-ethyl adjacent to an activating group) is 1. The van der Waals surface area contributed by atoms with Crippen molar-refractivity contribution in [1.29, 1.82) is 0 Å². The van der Waals surface area contributed by atoms with Crippen LogP contribution in [0.3, 0.4) is 0 Å². The van der Waals surface area contributed by atoms with Gasteiger partial charge in [0, 0.05) is 31.9 Å². The van der Waals surface area contributed by atoms with E-state index in [1.54, 1.807) is 4.90 Å². The number of hydrogen-bond donors (Lipinski definition) is 1. The maximum absolute atomic E-state index is 13.1. The lowest BCUT2D eigenvalue weighted by Gasteiger charge is -2.35. The number of quaternary nitrogens is 1. The number of likely N-dealkylation sites (tertiary alicyclic amines) is 1. The molecule has 1 amide bonds. The Hall–Kier alpha value is -1.90. The van der Waals surface area contributed by atoms with E-state index in [0.717, 1.165) is 55.9 Å². The van der Waals surface area contributed by atoms with Gasteiger partial charge >= 0.3 is 0 Å². The molecule has 0 spiro atoms. The number of nitrogens with zero attached hydrogens (tertiary/aromatic N) is 5. The summed E-state index contributed by atoms with van der Waals surface area (Å²) in [5, 5.41) is 9.73. The van der Waals surface area contributed by atoms with E-state index < -0.39 is 0 Å². The zero-order chi connectivity index (χ0) is 21.6. The molecule has 8 heteroatoms. The number of piperazine rings is 1. The summed E-state index contributed by atoms with van der Waals surface area (Å²) >= 11 is 1.53. The number of nitrogens with one attached hydrogen (secondary N) is 1. The predicted octanol–water partition coefficient (Wildman–Crippen LogP) is 1.48. The molecule has 2 aliphatic rings. The van der Waals surface area contributed by atoms with Crippen LogP contribution in [0.25, 0.3) is 5.69 Å². The van der Waals surface area contributed by atoms with Gasteiger partial charge in [-0.1, -0.05) is 36.9 Å². The molecule has 2 aromatic rings. The molecule has 3 heterocycles. The quantitative estimate of drug-likeness (QED) is 0.657. The maximum Gasteiger partial charge on any atom is 0.235 e. The average molecular weight is 444 g/mol. The Morgan fingerprint density at radius 2 is 1.77 bits per heavy atom. The number of piperidine rings is 1. The van der Waals surface area contributed by atoms with Crippen molar-refractivity contribution in [3.63, 3.8) is 0 Å². The summed E-state index contributed by atoms with van der Waals surface area (Å²) in [4.78, 5) is 19.1. The summed E-state index contributed by atoms with van der Waals surface area (Å²) in [6.45, 7) is 12.0. The number of aromatic nitrogens is 3. The lowest BCUT2D eigenvalue weighted by atomic mass is 10.1. The van der Waals surface area contributed by atoms with E-state index >= 15 is 0 Å². The van der Waals surface area contributed by atoms with Crippen molar-refractivity contribution < 1.29 is 9.69 Å². The molecule has 1 aromatic heterocycles. The highest BCUT2D eigenvalue weighted by Gasteiger charge is 2.28. The van der Waals surface area contributed by atoms with Crippen molar-refractivity contribution in [3.05, 3.63) is 36.2 Å². The fourth-order valence-electron chi connectivity index (χ4n) is 4.53. The van der Waals surface area contributed by atoms with Crippen LogP contribution in [0.1, 0.15) is 38.9 Å². The molecule has 7 nitrogen and oxygen atoms in total. The molecule has 1 aromatic carbocycles. The molecule has 2 saturated heterocycles. The van der Waals surface area contributed by atoms with E-state index in [9.17, 15) is 4.79 Å². The van der Waals surface area contributed by atoms with Crippen LogP contribution >= 0.6 is 11.8 Å². The van der Waals surface area contributed by atoms with Crippen molar-refractivity contribution in [3.8, 4) is 5.69 Å². The molecule has 0 radical (unpaired) electrons. The Labute approximate surface area is 189 Å². The molecule has 0 bridgehead atoms. The third kappa shape index (κ3) is 5.48. The van der Waals surface area contributed by atoms with Crippen LogP contribution in [0.5, 0.6) is 0 Å². The summed E-state index contributed by atoms with van der Waals surface area (Å²) in [6, 6.07) is 10.3. The lowest BCUT2D eigenvalue weighted by molar-refractivity contribution is -0.919. The summed E-state index contributed by atoms with van der Waals surface area (Å²) < 4.78 is 2.16. The highest BCUT2D eigenvalue weighted by molar-refractivity contribution is 8.00. The maximum atomic E-state index is 13.1. The molecule has 4 rings (SSSR count). The van der Waals surface area contributed by atoms with Gasteiger partial charge in [-0.25, -0.2) is 0 Å². The Balaban J connectivity index is 1.50. The first-order valence-electron chi connectivity index (χ1n) is 11.7. The predicted molar refractivity (Wildman–Crippen MR) is 124 cm³/mol. The Morgan fingerprint density at radius 3 is 2.45 bits per heavy atom. The largest absolute Gasteiger partial charge is 0.339 e. The van der Waals surface area contributed by atoms with E-state index in [4.69, 9.17) is 0 Å². The highest BCUT2D eigenvalue weighted by atomic mass is 32.2. The second-order valence-corrected chi connectivity index (χ2v) is 9.88. The first kappa shape index (κ1) is 22.3. The van der Waals surface area contributed by atoms with Gasteiger partial charge in [0.05, 0.1) is 18.3 Å². The normalized spacial score (nSPS) is 19.5. The molecular formula is C23H35N6OS+. The van der Waals surface area contributed by atoms with Crippen molar-refractivity contribution in [2.45, 2.75) is 50.1 Å². The highest BCUT2D eigenvalue weighted by Crippen LogP contribution is 2.27. The smallest absolute Gasteiger partial charge is 0.235 e. The third-order valence-corrected chi connectivity index (χ3v) is 7.47. The summed E-state index contributed by atoms with van der Waals surface area (Å²) in [5.41, 5.74) is 1.07. The van der Waals surface area contributed by atoms with Gasteiger partial charge in [-0.3, -0.25) is 9.36 Å². The van der Waals surface area contributed by atoms with Crippen molar-refractivity contribution in [1.82, 2.24) is 24.6 Å². The average Bonchev–Trinajstić information content (AvgIpc) is 3.21. The Morgan fingerprint density at radius 1 is 1.06 bits per heavy atom. The number of rotatable bonds is 7. The number of amides is 1. The van der Waals surface area contributed by atoms with E-state index in [2.05, 4.69) is 38.7 Å². The lowest BCUT2D eigenvalue weighted by Crippen LogP contribution is -3.11. The van der Waals surface area contributed by atoms with E-state index in [1.807, 2.05) is 30.0 Å². The van der Waals surface area contributed by atoms with Gasteiger partial charge in [0.1, 0.15) is 6.54 Å². The topological polar surface area (TPSA) is 58.7 Å². The molecular weight excluding hydrogens is 408 g/mol. The van der Waals surface area contributed by atoms with Gasteiger partial charge < -0.3 is 14.7 Å². The molecule has 2 fully saturated rings. The third-order valence-electron chi connectivity index (χ3n) is 6.44. The summed E-state index contributed by atoms with van der Waals surface area (Å²) in [7, 11) is 0. The van der Waals surface area contributed by atoms with Gasteiger partial charge in [-0.2, -0.15) is 0 Å². The van der Waals surface area contributed by atoms with Crippen LogP contribution in [-0.2, 0) is 11.3 Å². The fourth-order valence-corrected chi connectivity index (χ4v) is 5.50. The number of benzene rings is 1. The van der Waals surface area contributed by atoms with Crippen LogP contribution in [0.2, 0.25) is 0 Å². The van der Waals surface area contributed by atoms with E-state index in [1.165, 1.54) is 44.1 Å². The minimum atomic E-state index is -0.185. The minimum Gasteiger partial charge on any atom is -0.339 e. The van der Waals surface area contributed by atoms with Gasteiger partial charge in [0.15, 0.2) is 11.0 Å². The number of para-hydroxylation sites is 1. The van der Waals surface area contributed by atoms with Gasteiger partial charge in [-0.05, 0) is 44.9 Å². The van der Waals surface area contributed by atoms with E-state index in [0.29, 0.717) is 0 Å². The van der Waals surface area contributed by atoms with E-state index in [-0.39, 0.29) is 11.2 Å².